The molecule has 1 fully saturated rings. The summed E-state index contributed by atoms with van der Waals surface area (Å²) in [5, 5.41) is 4.07. The maximum absolute atomic E-state index is 2.83. The van der Waals surface area contributed by atoms with Crippen molar-refractivity contribution in [2.75, 3.05) is 0 Å². The van der Waals surface area contributed by atoms with Crippen molar-refractivity contribution in [3.63, 3.8) is 0 Å². The highest BCUT2D eigenvalue weighted by Crippen LogP contribution is 2.63. The fourth-order valence-corrected chi connectivity index (χ4v) is 10.2. The second kappa shape index (κ2) is 10.1. The molecule has 0 atom stereocenters. The van der Waals surface area contributed by atoms with Gasteiger partial charge in [-0.15, -0.1) is 0 Å². The molecule has 2 aliphatic heterocycles. The van der Waals surface area contributed by atoms with Crippen molar-refractivity contribution in [2.24, 2.45) is 0 Å². The molecule has 6 aromatic rings. The molecular formula is C46H48N3+. The van der Waals surface area contributed by atoms with Crippen LogP contribution < -0.4 is 4.57 Å². The highest BCUT2D eigenvalue weighted by molar-refractivity contribution is 6.04. The number of aromatic nitrogens is 1. The third-order valence-electron chi connectivity index (χ3n) is 11.8. The van der Waals surface area contributed by atoms with Gasteiger partial charge < -0.3 is 0 Å². The van der Waals surface area contributed by atoms with E-state index in [9.17, 15) is 0 Å². The van der Waals surface area contributed by atoms with E-state index in [1.54, 1.807) is 0 Å². The summed E-state index contributed by atoms with van der Waals surface area (Å²) in [6.45, 7) is 21.6. The largest absolute Gasteiger partial charge is 0.318 e. The Morgan fingerprint density at radius 2 is 1.20 bits per heavy atom. The molecule has 0 N–H and O–H groups in total. The molecule has 0 amide bonds. The Balaban J connectivity index is 1.56. The van der Waals surface area contributed by atoms with Crippen molar-refractivity contribution >= 4 is 21.7 Å². The molecule has 3 nitrogen and oxygen atoms in total. The van der Waals surface area contributed by atoms with Crippen LogP contribution in [-0.4, -0.2) is 21.9 Å². The van der Waals surface area contributed by atoms with Gasteiger partial charge >= 0.3 is 5.79 Å². The molecule has 9 rings (SSSR count). The lowest BCUT2D eigenvalue weighted by Crippen LogP contribution is -2.85. The summed E-state index contributed by atoms with van der Waals surface area (Å²) in [6.07, 6.45) is 0.129. The second-order valence-electron chi connectivity index (χ2n) is 16.7. The first kappa shape index (κ1) is 30.7. The van der Waals surface area contributed by atoms with Crippen LogP contribution in [0.2, 0.25) is 0 Å². The zero-order chi connectivity index (χ0) is 34.2. The Morgan fingerprint density at radius 1 is 0.633 bits per heavy atom. The van der Waals surface area contributed by atoms with Gasteiger partial charge in [-0.1, -0.05) is 126 Å². The molecule has 49 heavy (non-hydrogen) atoms. The first-order chi connectivity index (χ1) is 23.4. The predicted octanol–water partition coefficient (Wildman–Crippen LogP) is 10.7. The maximum Gasteiger partial charge on any atom is 0.318 e. The van der Waals surface area contributed by atoms with Gasteiger partial charge in [0.2, 0.25) is 11.2 Å². The van der Waals surface area contributed by atoms with Gasteiger partial charge in [-0.3, -0.25) is 0 Å². The number of nitrogens with zero attached hydrogens (tertiary/aromatic N) is 3. The van der Waals surface area contributed by atoms with Crippen molar-refractivity contribution in [1.82, 2.24) is 9.80 Å². The Kier molecular flexibility index (Phi) is 6.35. The minimum absolute atomic E-state index is 0.0337. The van der Waals surface area contributed by atoms with Gasteiger partial charge in [0.1, 0.15) is 6.17 Å². The third-order valence-corrected chi connectivity index (χ3v) is 11.8. The average molecular weight is 643 g/mol. The molecule has 0 saturated carbocycles. The third kappa shape index (κ3) is 3.73. The standard InChI is InChI=1S/C46H48N3/c1-28(2)47-43(30-19-11-10-12-20-30)48(29(3)4)46(47)40-32-22-14-13-21-31(32)37(44(5,6)7)27-35(40)42-39-33-23-15-17-25-36(33)45(8,9)41(39)34-24-16-18-26-38(34)49(42)46/h10-29,43H,1-9H3/q+1. The molecule has 0 unspecified atom stereocenters. The molecule has 5 aromatic carbocycles. The van der Waals surface area contributed by atoms with Gasteiger partial charge in [-0.2, -0.15) is 4.57 Å². The number of rotatable bonds is 3. The number of hydrogen-bond donors (Lipinski definition) is 0. The van der Waals surface area contributed by atoms with Crippen LogP contribution in [0.4, 0.5) is 0 Å². The number of pyridine rings is 1. The lowest BCUT2D eigenvalue weighted by atomic mass is 9.78. The second-order valence-corrected chi connectivity index (χ2v) is 16.7. The molecule has 3 heterocycles. The lowest BCUT2D eigenvalue weighted by Gasteiger charge is -2.63. The minimum Gasteiger partial charge on any atom is -0.201 e. The van der Waals surface area contributed by atoms with Gasteiger partial charge in [-0.25, -0.2) is 9.80 Å². The van der Waals surface area contributed by atoms with Crippen LogP contribution in [0.3, 0.4) is 0 Å². The van der Waals surface area contributed by atoms with E-state index in [1.807, 2.05) is 0 Å². The SMILES string of the molecule is CC(C)N1C(c2ccccc2)N(C(C)C)C12c1c(cc(C(C)(C)C)c3ccccc13)-c1c3c(c4ccccc4[n+]12)C(C)(C)c1ccccc1-3. The summed E-state index contributed by atoms with van der Waals surface area (Å²) in [7, 11) is 0. The van der Waals surface area contributed by atoms with E-state index in [0.29, 0.717) is 0 Å². The Hall–Kier alpha value is -4.31. The number of hydrogen-bond acceptors (Lipinski definition) is 2. The molecule has 246 valence electrons. The van der Waals surface area contributed by atoms with Gasteiger partial charge in [0, 0.05) is 23.6 Å². The summed E-state index contributed by atoms with van der Waals surface area (Å²) in [4.78, 5) is 5.65. The van der Waals surface area contributed by atoms with Crippen molar-refractivity contribution in [2.45, 2.75) is 97.2 Å². The number of para-hydroxylation sites is 1. The Labute approximate surface area is 291 Å². The highest BCUT2D eigenvalue weighted by Gasteiger charge is 2.74. The first-order valence-corrected chi connectivity index (χ1v) is 18.2. The summed E-state index contributed by atoms with van der Waals surface area (Å²) in [5.74, 6) is -0.542. The smallest absolute Gasteiger partial charge is 0.201 e. The number of fused-ring (bicyclic) bond motifs is 14. The quantitative estimate of drug-likeness (QED) is 0.178. The molecule has 3 heteroatoms. The van der Waals surface area contributed by atoms with Gasteiger partial charge in [0.25, 0.3) is 0 Å². The topological polar surface area (TPSA) is 10.4 Å². The van der Waals surface area contributed by atoms with Crippen molar-refractivity contribution < 1.29 is 4.57 Å². The van der Waals surface area contributed by atoms with Crippen LogP contribution in [0.1, 0.15) is 96.3 Å². The lowest BCUT2D eigenvalue weighted by molar-refractivity contribution is -0.801. The molecule has 3 aliphatic rings. The first-order valence-electron chi connectivity index (χ1n) is 18.2. The molecule has 1 saturated heterocycles. The number of benzene rings is 5. The van der Waals surface area contributed by atoms with Crippen molar-refractivity contribution in [3.8, 4) is 22.4 Å². The highest BCUT2D eigenvalue weighted by atomic mass is 15.7. The average Bonchev–Trinajstić information content (AvgIpc) is 3.51. The van der Waals surface area contributed by atoms with Gasteiger partial charge in [-0.05, 0) is 83.8 Å². The zero-order valence-corrected chi connectivity index (χ0v) is 30.5. The van der Waals surface area contributed by atoms with E-state index in [-0.39, 0.29) is 29.1 Å². The molecule has 1 aromatic heterocycles. The van der Waals surface area contributed by atoms with Crippen LogP contribution in [0.25, 0.3) is 44.1 Å². The Bertz CT molecular complexity index is 2310. The van der Waals surface area contributed by atoms with Crippen LogP contribution in [-0.2, 0) is 16.6 Å². The summed E-state index contributed by atoms with van der Waals surface area (Å²) >= 11 is 0. The van der Waals surface area contributed by atoms with Crippen molar-refractivity contribution in [3.05, 3.63) is 137 Å². The minimum atomic E-state index is -0.542. The van der Waals surface area contributed by atoms with E-state index < -0.39 is 5.79 Å². The fraction of sp³-hybridized carbons (Fsp3) is 0.326. The molecular weight excluding hydrogens is 595 g/mol. The van der Waals surface area contributed by atoms with E-state index in [1.165, 1.54) is 71.9 Å². The van der Waals surface area contributed by atoms with Crippen LogP contribution in [0.15, 0.2) is 109 Å². The van der Waals surface area contributed by atoms with Crippen molar-refractivity contribution in [1.29, 1.82) is 0 Å². The van der Waals surface area contributed by atoms with Gasteiger partial charge in [0.05, 0.1) is 22.1 Å². The summed E-state index contributed by atoms with van der Waals surface area (Å²) in [5.41, 5.74) is 13.7. The zero-order valence-electron chi connectivity index (χ0n) is 30.5. The summed E-state index contributed by atoms with van der Waals surface area (Å²) in [6, 6.07) is 42.0. The van der Waals surface area contributed by atoms with E-state index in [4.69, 9.17) is 0 Å². The fourth-order valence-electron chi connectivity index (χ4n) is 10.2. The maximum atomic E-state index is 2.83. The summed E-state index contributed by atoms with van der Waals surface area (Å²) < 4.78 is 2.79. The van der Waals surface area contributed by atoms with Crippen LogP contribution in [0, 0.1) is 0 Å². The molecule has 0 radical (unpaired) electrons. The molecule has 1 spiro atoms. The van der Waals surface area contributed by atoms with E-state index >= 15 is 0 Å². The van der Waals surface area contributed by atoms with Gasteiger partial charge in [0.15, 0.2) is 0 Å². The predicted molar refractivity (Wildman–Crippen MR) is 204 cm³/mol. The normalized spacial score (nSPS) is 21.0. The van der Waals surface area contributed by atoms with Crippen LogP contribution in [0.5, 0.6) is 0 Å². The Morgan fingerprint density at radius 3 is 1.86 bits per heavy atom. The van der Waals surface area contributed by atoms with E-state index in [0.717, 1.165) is 0 Å². The van der Waals surface area contributed by atoms with E-state index in [2.05, 4.69) is 186 Å². The molecule has 0 bridgehead atoms. The van der Waals surface area contributed by atoms with Crippen LogP contribution >= 0.6 is 0 Å². The molecule has 1 aliphatic carbocycles. The monoisotopic (exact) mass is 642 g/mol.